The van der Waals surface area contributed by atoms with E-state index >= 15 is 0 Å². The highest BCUT2D eigenvalue weighted by Crippen LogP contribution is 2.32. The third kappa shape index (κ3) is 2.96. The summed E-state index contributed by atoms with van der Waals surface area (Å²) in [5.41, 5.74) is 6.58. The number of carbonyl (C=O) groups excluding carboxylic acids is 2. The summed E-state index contributed by atoms with van der Waals surface area (Å²) in [5, 5.41) is 0. The van der Waals surface area contributed by atoms with Crippen molar-refractivity contribution < 1.29 is 14.3 Å². The number of hydrogen-bond acceptors (Lipinski definition) is 4. The molecular formula is C15H20N2O3S. The van der Waals surface area contributed by atoms with Crippen molar-refractivity contribution in [2.24, 2.45) is 11.7 Å². The minimum Gasteiger partial charge on any atom is -0.367 e. The third-order valence-corrected chi connectivity index (χ3v) is 5.44. The Bertz CT molecular complexity index is 569. The topological polar surface area (TPSA) is 72.6 Å². The second kappa shape index (κ2) is 5.77. The van der Waals surface area contributed by atoms with E-state index in [-0.39, 0.29) is 12.5 Å². The van der Waals surface area contributed by atoms with Gasteiger partial charge in [-0.15, -0.1) is 11.3 Å². The van der Waals surface area contributed by atoms with Gasteiger partial charge in [-0.25, -0.2) is 0 Å². The molecule has 2 heterocycles. The lowest BCUT2D eigenvalue weighted by Crippen LogP contribution is -2.50. The van der Waals surface area contributed by atoms with Gasteiger partial charge in [0.05, 0.1) is 18.0 Å². The molecule has 0 aromatic carbocycles. The van der Waals surface area contributed by atoms with E-state index in [9.17, 15) is 9.59 Å². The average Bonchev–Trinajstić information content (AvgIpc) is 2.89. The Morgan fingerprint density at radius 2 is 2.29 bits per heavy atom. The SMILES string of the molecule is CC1CCc2sc(C(=O)N3CCOC(C(N)=O)C3)cc2C1. The lowest BCUT2D eigenvalue weighted by molar-refractivity contribution is -0.133. The Morgan fingerprint density at radius 1 is 1.48 bits per heavy atom. The highest BCUT2D eigenvalue weighted by atomic mass is 32.1. The molecule has 3 rings (SSSR count). The standard InChI is InChI=1S/C15H20N2O3S/c1-9-2-3-12-10(6-9)7-13(21-12)15(19)17-4-5-20-11(8-17)14(16)18/h7,9,11H,2-6,8H2,1H3,(H2,16,18). The number of fused-ring (bicyclic) bond motifs is 1. The number of ether oxygens (including phenoxy) is 1. The lowest BCUT2D eigenvalue weighted by Gasteiger charge is -2.31. The first-order valence-corrected chi connectivity index (χ1v) is 8.18. The van der Waals surface area contributed by atoms with E-state index in [1.165, 1.54) is 16.9 Å². The number of nitrogens with two attached hydrogens (primary N) is 1. The Hall–Kier alpha value is -1.40. The molecule has 2 atom stereocenters. The highest BCUT2D eigenvalue weighted by Gasteiger charge is 2.30. The van der Waals surface area contributed by atoms with Crippen molar-refractivity contribution in [1.82, 2.24) is 4.90 Å². The van der Waals surface area contributed by atoms with E-state index in [0.29, 0.717) is 19.1 Å². The second-order valence-corrected chi connectivity index (χ2v) is 7.06. The van der Waals surface area contributed by atoms with Gasteiger partial charge >= 0.3 is 0 Å². The van der Waals surface area contributed by atoms with Crippen LogP contribution in [0.1, 0.15) is 33.5 Å². The number of morpholine rings is 1. The molecule has 2 amide bonds. The fraction of sp³-hybridized carbons (Fsp3) is 0.600. The predicted molar refractivity (Wildman–Crippen MR) is 80.3 cm³/mol. The number of aryl methyl sites for hydroxylation is 1. The molecular weight excluding hydrogens is 288 g/mol. The molecule has 2 N–H and O–H groups in total. The van der Waals surface area contributed by atoms with Crippen molar-refractivity contribution in [3.63, 3.8) is 0 Å². The molecule has 1 saturated heterocycles. The van der Waals surface area contributed by atoms with Crippen molar-refractivity contribution in [2.75, 3.05) is 19.7 Å². The molecule has 6 heteroatoms. The van der Waals surface area contributed by atoms with Gasteiger partial charge < -0.3 is 15.4 Å². The van der Waals surface area contributed by atoms with E-state index in [2.05, 4.69) is 6.92 Å². The smallest absolute Gasteiger partial charge is 0.264 e. The van der Waals surface area contributed by atoms with Gasteiger partial charge in [0, 0.05) is 11.4 Å². The molecule has 1 fully saturated rings. The zero-order chi connectivity index (χ0) is 15.0. The molecule has 1 aliphatic heterocycles. The van der Waals surface area contributed by atoms with Crippen molar-refractivity contribution in [1.29, 1.82) is 0 Å². The van der Waals surface area contributed by atoms with Crippen LogP contribution < -0.4 is 5.73 Å². The van der Waals surface area contributed by atoms with Crippen LogP contribution in [0.3, 0.4) is 0 Å². The third-order valence-electron chi connectivity index (χ3n) is 4.21. The summed E-state index contributed by atoms with van der Waals surface area (Å²) < 4.78 is 5.29. The molecule has 0 saturated carbocycles. The first-order chi connectivity index (χ1) is 10.0. The minimum atomic E-state index is -0.683. The highest BCUT2D eigenvalue weighted by molar-refractivity contribution is 7.14. The largest absolute Gasteiger partial charge is 0.367 e. The molecule has 5 nitrogen and oxygen atoms in total. The van der Waals surface area contributed by atoms with Gasteiger partial charge in [-0.05, 0) is 36.8 Å². The number of thiophene rings is 1. The normalized spacial score (nSPS) is 25.5. The summed E-state index contributed by atoms with van der Waals surface area (Å²) in [4.78, 5) is 27.6. The number of primary amides is 1. The second-order valence-electron chi connectivity index (χ2n) is 5.92. The molecule has 21 heavy (non-hydrogen) atoms. The summed E-state index contributed by atoms with van der Waals surface area (Å²) >= 11 is 1.60. The van der Waals surface area contributed by atoms with Gasteiger partial charge in [0.15, 0.2) is 6.10 Å². The quantitative estimate of drug-likeness (QED) is 0.892. The zero-order valence-electron chi connectivity index (χ0n) is 12.1. The van der Waals surface area contributed by atoms with Crippen LogP contribution in [0.2, 0.25) is 0 Å². The monoisotopic (exact) mass is 308 g/mol. The lowest BCUT2D eigenvalue weighted by atomic mass is 9.90. The number of nitrogens with zero attached hydrogens (tertiary/aromatic N) is 1. The molecule has 1 aromatic heterocycles. The van der Waals surface area contributed by atoms with Crippen molar-refractivity contribution >= 4 is 23.2 Å². The Kier molecular flexibility index (Phi) is 3.99. The van der Waals surface area contributed by atoms with Gasteiger partial charge in [0.2, 0.25) is 5.91 Å². The molecule has 0 spiro atoms. The number of amides is 2. The van der Waals surface area contributed by atoms with E-state index in [1.807, 2.05) is 6.07 Å². The number of carbonyl (C=O) groups is 2. The summed E-state index contributed by atoms with van der Waals surface area (Å²) in [6.45, 7) is 3.39. The first kappa shape index (κ1) is 14.5. The van der Waals surface area contributed by atoms with E-state index < -0.39 is 12.0 Å². The molecule has 2 aliphatic rings. The Labute approximate surface area is 128 Å². The molecule has 1 aromatic rings. The van der Waals surface area contributed by atoms with Crippen LogP contribution in [0.5, 0.6) is 0 Å². The number of rotatable bonds is 2. The average molecular weight is 308 g/mol. The van der Waals surface area contributed by atoms with Crippen LogP contribution in [0.25, 0.3) is 0 Å². The molecule has 1 aliphatic carbocycles. The Balaban J connectivity index is 1.74. The van der Waals surface area contributed by atoms with Crippen molar-refractivity contribution in [3.05, 3.63) is 21.4 Å². The van der Waals surface area contributed by atoms with Crippen molar-refractivity contribution in [3.8, 4) is 0 Å². The van der Waals surface area contributed by atoms with Crippen molar-refractivity contribution in [2.45, 2.75) is 32.3 Å². The molecule has 0 bridgehead atoms. The van der Waals surface area contributed by atoms with Gasteiger partial charge in [-0.3, -0.25) is 9.59 Å². The maximum atomic E-state index is 12.6. The molecule has 2 unspecified atom stereocenters. The molecule has 0 radical (unpaired) electrons. The van der Waals surface area contributed by atoms with E-state index in [1.54, 1.807) is 16.2 Å². The van der Waals surface area contributed by atoms with E-state index in [4.69, 9.17) is 10.5 Å². The van der Waals surface area contributed by atoms with Crippen LogP contribution in [-0.2, 0) is 22.4 Å². The van der Waals surface area contributed by atoms with Gasteiger partial charge in [0.25, 0.3) is 5.91 Å². The molecule has 114 valence electrons. The Morgan fingerprint density at radius 3 is 3.05 bits per heavy atom. The fourth-order valence-electron chi connectivity index (χ4n) is 2.97. The predicted octanol–water partition coefficient (Wildman–Crippen LogP) is 1.20. The summed E-state index contributed by atoms with van der Waals surface area (Å²) in [6.07, 6.45) is 2.65. The van der Waals surface area contributed by atoms with Gasteiger partial charge in [-0.1, -0.05) is 6.92 Å². The maximum absolute atomic E-state index is 12.6. The van der Waals surface area contributed by atoms with Crippen LogP contribution >= 0.6 is 11.3 Å². The summed E-state index contributed by atoms with van der Waals surface area (Å²) in [7, 11) is 0. The maximum Gasteiger partial charge on any atom is 0.264 e. The van der Waals surface area contributed by atoms with Crippen LogP contribution in [-0.4, -0.2) is 42.5 Å². The summed E-state index contributed by atoms with van der Waals surface area (Å²) in [5.74, 6) is 0.182. The first-order valence-electron chi connectivity index (χ1n) is 7.36. The van der Waals surface area contributed by atoms with Crippen LogP contribution in [0, 0.1) is 5.92 Å². The van der Waals surface area contributed by atoms with Crippen LogP contribution in [0.15, 0.2) is 6.07 Å². The van der Waals surface area contributed by atoms with Gasteiger partial charge in [0.1, 0.15) is 0 Å². The minimum absolute atomic E-state index is 0.00315. The van der Waals surface area contributed by atoms with E-state index in [0.717, 1.165) is 17.7 Å². The fourth-order valence-corrected chi connectivity index (χ4v) is 4.15. The number of hydrogen-bond donors (Lipinski definition) is 1. The van der Waals surface area contributed by atoms with Gasteiger partial charge in [-0.2, -0.15) is 0 Å². The van der Waals surface area contributed by atoms with Crippen LogP contribution in [0.4, 0.5) is 0 Å². The zero-order valence-corrected chi connectivity index (χ0v) is 12.9. The summed E-state index contributed by atoms with van der Waals surface area (Å²) in [6, 6.07) is 2.03.